The van der Waals surface area contributed by atoms with Gasteiger partial charge in [-0.3, -0.25) is 0 Å². The zero-order valence-electron chi connectivity index (χ0n) is 8.10. The minimum atomic E-state index is 1.50. The summed E-state index contributed by atoms with van der Waals surface area (Å²) in [7, 11) is 0. The van der Waals surface area contributed by atoms with Crippen molar-refractivity contribution in [2.24, 2.45) is 0 Å². The summed E-state index contributed by atoms with van der Waals surface area (Å²) in [5.74, 6) is 0. The molecule has 0 amide bonds. The highest BCUT2D eigenvalue weighted by molar-refractivity contribution is 4.51. The van der Waals surface area contributed by atoms with E-state index in [2.05, 4.69) is 12.8 Å². The zero-order valence-corrected chi connectivity index (χ0v) is 8.10. The van der Waals surface area contributed by atoms with Crippen LogP contribution in [0.5, 0.6) is 0 Å². The maximum absolute atomic E-state index is 4.00. The second-order valence-corrected chi connectivity index (χ2v) is 2.47. The monoisotopic (exact) mass is 154 g/mol. The molecule has 0 spiro atoms. The predicted octanol–water partition coefficient (Wildman–Crippen LogP) is 4.01. The fraction of sp³-hybridized carbons (Fsp3) is 0.818. The number of rotatable bonds is 0. The van der Waals surface area contributed by atoms with E-state index in [1.54, 1.807) is 0 Å². The van der Waals surface area contributed by atoms with Crippen LogP contribution in [0.25, 0.3) is 0 Å². The van der Waals surface area contributed by atoms with Crippen molar-refractivity contribution in [3.8, 4) is 12.8 Å². The van der Waals surface area contributed by atoms with Gasteiger partial charge in [-0.05, 0) is 0 Å². The van der Waals surface area contributed by atoms with Gasteiger partial charge in [0.25, 0.3) is 0 Å². The lowest BCUT2D eigenvalue weighted by Crippen LogP contribution is -1.66. The second-order valence-electron chi connectivity index (χ2n) is 2.47. The van der Waals surface area contributed by atoms with E-state index >= 15 is 0 Å². The minimum Gasteiger partial charge on any atom is -0.124 e. The van der Waals surface area contributed by atoms with E-state index in [1.165, 1.54) is 44.9 Å². The lowest BCUT2D eigenvalue weighted by molar-refractivity contribution is 0.702. The fourth-order valence-electron chi connectivity index (χ4n) is 1.24. The fourth-order valence-corrected chi connectivity index (χ4v) is 1.24. The average molecular weight is 154 g/mol. The molecule has 1 aliphatic carbocycles. The largest absolute Gasteiger partial charge is 0.124 e. The molecule has 0 radical (unpaired) electrons. The van der Waals surface area contributed by atoms with Gasteiger partial charge in [0.15, 0.2) is 0 Å². The van der Waals surface area contributed by atoms with E-state index in [4.69, 9.17) is 0 Å². The molecule has 1 rings (SSSR count). The summed E-state index contributed by atoms with van der Waals surface area (Å²) in [5, 5.41) is 0. The summed E-state index contributed by atoms with van der Waals surface area (Å²) >= 11 is 0. The second kappa shape index (κ2) is 16.3. The van der Waals surface area contributed by atoms with Gasteiger partial charge in [0.05, 0.1) is 0 Å². The van der Waals surface area contributed by atoms with E-state index in [0.717, 1.165) is 0 Å². The molecule has 0 aromatic rings. The van der Waals surface area contributed by atoms with Gasteiger partial charge in [-0.25, -0.2) is 0 Å². The maximum Gasteiger partial charge on any atom is -0.0533 e. The highest BCUT2D eigenvalue weighted by atomic mass is 14.0. The lowest BCUT2D eigenvalue weighted by Gasteiger charge is -1.85. The molecule has 1 fully saturated rings. The van der Waals surface area contributed by atoms with Gasteiger partial charge < -0.3 is 0 Å². The van der Waals surface area contributed by atoms with E-state index < -0.39 is 0 Å². The van der Waals surface area contributed by atoms with Crippen molar-refractivity contribution in [1.29, 1.82) is 0 Å². The van der Waals surface area contributed by atoms with E-state index in [1.807, 2.05) is 13.8 Å². The maximum atomic E-state index is 4.00. The molecule has 0 atom stereocenters. The first-order valence-electron chi connectivity index (χ1n) is 4.83. The molecular formula is C11H22. The Balaban J connectivity index is 0. The van der Waals surface area contributed by atoms with Gasteiger partial charge in [0.1, 0.15) is 0 Å². The Kier molecular flexibility index (Phi) is 19.5. The molecular weight excluding hydrogens is 132 g/mol. The summed E-state index contributed by atoms with van der Waals surface area (Å²) in [4.78, 5) is 0. The first-order chi connectivity index (χ1) is 5.50. The Morgan fingerprint density at radius 1 is 0.545 bits per heavy atom. The van der Waals surface area contributed by atoms with Crippen molar-refractivity contribution in [1.82, 2.24) is 0 Å². The van der Waals surface area contributed by atoms with E-state index in [0.29, 0.717) is 0 Å². The molecule has 1 aliphatic rings. The van der Waals surface area contributed by atoms with Gasteiger partial charge in [-0.15, -0.1) is 12.8 Å². The Bertz CT molecular complexity index is 42.0. The standard InChI is InChI=1S/C7H14.C2H6.C2H2/c1-2-4-6-7-5-3-1;2*1-2/h1-7H2;1-2H3;1-2H. The summed E-state index contributed by atoms with van der Waals surface area (Å²) in [5.41, 5.74) is 0. The molecule has 0 unspecified atom stereocenters. The SMILES string of the molecule is C#C.C1CCCCCC1.CC. The van der Waals surface area contributed by atoms with Crippen LogP contribution in [0.15, 0.2) is 0 Å². The lowest BCUT2D eigenvalue weighted by atomic mass is 10.2. The molecule has 1 saturated carbocycles. The van der Waals surface area contributed by atoms with Gasteiger partial charge >= 0.3 is 0 Å². The van der Waals surface area contributed by atoms with Gasteiger partial charge in [0, 0.05) is 0 Å². The summed E-state index contributed by atoms with van der Waals surface area (Å²) in [6.45, 7) is 4.00. The first-order valence-corrected chi connectivity index (χ1v) is 4.83. The first kappa shape index (κ1) is 13.2. The van der Waals surface area contributed by atoms with Crippen molar-refractivity contribution >= 4 is 0 Å². The van der Waals surface area contributed by atoms with Crippen LogP contribution < -0.4 is 0 Å². The van der Waals surface area contributed by atoms with Crippen LogP contribution in [0.1, 0.15) is 58.8 Å². The molecule has 0 bridgehead atoms. The van der Waals surface area contributed by atoms with Gasteiger partial charge in [0.2, 0.25) is 0 Å². The molecule has 0 aromatic carbocycles. The Hall–Kier alpha value is -0.440. The number of hydrogen-bond donors (Lipinski definition) is 0. The third-order valence-electron chi connectivity index (χ3n) is 1.75. The zero-order chi connectivity index (χ0) is 8.95. The summed E-state index contributed by atoms with van der Waals surface area (Å²) < 4.78 is 0. The van der Waals surface area contributed by atoms with Crippen LogP contribution in [-0.2, 0) is 0 Å². The molecule has 11 heavy (non-hydrogen) atoms. The molecule has 0 heteroatoms. The molecule has 0 aliphatic heterocycles. The molecule has 0 heterocycles. The number of terminal acetylenes is 1. The third kappa shape index (κ3) is 12.7. The van der Waals surface area contributed by atoms with E-state index in [9.17, 15) is 0 Å². The molecule has 66 valence electrons. The summed E-state index contributed by atoms with van der Waals surface area (Å²) in [6, 6.07) is 0. The highest BCUT2D eigenvalue weighted by Crippen LogP contribution is 2.15. The van der Waals surface area contributed by atoms with Crippen LogP contribution >= 0.6 is 0 Å². The third-order valence-corrected chi connectivity index (χ3v) is 1.75. The van der Waals surface area contributed by atoms with Gasteiger partial charge in [-0.2, -0.15) is 0 Å². The van der Waals surface area contributed by atoms with Crippen LogP contribution in [0.4, 0.5) is 0 Å². The van der Waals surface area contributed by atoms with Crippen LogP contribution in [-0.4, -0.2) is 0 Å². The number of hydrogen-bond acceptors (Lipinski definition) is 0. The van der Waals surface area contributed by atoms with Crippen LogP contribution in [0, 0.1) is 12.8 Å². The minimum absolute atomic E-state index is 1.50. The topological polar surface area (TPSA) is 0 Å². The Labute approximate surface area is 72.4 Å². The Morgan fingerprint density at radius 2 is 0.636 bits per heavy atom. The van der Waals surface area contributed by atoms with Crippen LogP contribution in [0.2, 0.25) is 0 Å². The van der Waals surface area contributed by atoms with Gasteiger partial charge in [-0.1, -0.05) is 58.8 Å². The normalized spacial score (nSPS) is 16.0. The van der Waals surface area contributed by atoms with Crippen molar-refractivity contribution < 1.29 is 0 Å². The summed E-state index contributed by atoms with van der Waals surface area (Å²) in [6.07, 6.45) is 18.5. The molecule has 0 saturated heterocycles. The Morgan fingerprint density at radius 3 is 0.727 bits per heavy atom. The predicted molar refractivity (Wildman–Crippen MR) is 53.6 cm³/mol. The quantitative estimate of drug-likeness (QED) is 0.365. The highest BCUT2D eigenvalue weighted by Gasteiger charge is 1.95. The van der Waals surface area contributed by atoms with Crippen LogP contribution in [0.3, 0.4) is 0 Å². The van der Waals surface area contributed by atoms with E-state index in [-0.39, 0.29) is 0 Å². The van der Waals surface area contributed by atoms with Crippen molar-refractivity contribution in [2.45, 2.75) is 58.8 Å². The van der Waals surface area contributed by atoms with Crippen molar-refractivity contribution in [3.05, 3.63) is 0 Å². The smallest absolute Gasteiger partial charge is 0.0533 e. The van der Waals surface area contributed by atoms with Crippen molar-refractivity contribution in [2.75, 3.05) is 0 Å². The molecule has 0 nitrogen and oxygen atoms in total. The average Bonchev–Trinajstić information content (AvgIpc) is 2.42. The van der Waals surface area contributed by atoms with Crippen molar-refractivity contribution in [3.63, 3.8) is 0 Å². The molecule has 0 N–H and O–H groups in total. The molecule has 0 aromatic heterocycles.